The van der Waals surface area contributed by atoms with Gasteiger partial charge in [-0.3, -0.25) is 4.79 Å². The van der Waals surface area contributed by atoms with Crippen LogP contribution in [-0.4, -0.2) is 18.0 Å². The van der Waals surface area contributed by atoms with Gasteiger partial charge in [-0.05, 0) is 29.8 Å². The monoisotopic (exact) mass is 343 g/mol. The van der Waals surface area contributed by atoms with Crippen molar-refractivity contribution in [2.45, 2.75) is 6.54 Å². The van der Waals surface area contributed by atoms with Crippen LogP contribution in [-0.2, 0) is 6.54 Å². The fraction of sp³-hybridized carbons (Fsp3) is 0.118. The minimum Gasteiger partial charge on any atom is -0.497 e. The van der Waals surface area contributed by atoms with Crippen LogP contribution in [0.4, 0.5) is 0 Å². The number of carbonyl (C=O) groups is 1. The van der Waals surface area contributed by atoms with Crippen LogP contribution in [0, 0.1) is 0 Å². The number of para-hydroxylation sites is 1. The van der Waals surface area contributed by atoms with Crippen LogP contribution >= 0.6 is 15.9 Å². The number of hydrogen-bond acceptors (Lipinski definition) is 2. The Morgan fingerprint density at radius 2 is 2.05 bits per heavy atom. The first-order chi connectivity index (χ1) is 10.2. The molecule has 0 aliphatic heterocycles. The summed E-state index contributed by atoms with van der Waals surface area (Å²) in [6.45, 7) is 0.673. The van der Waals surface area contributed by atoms with Gasteiger partial charge in [0.2, 0.25) is 0 Å². The Hall–Kier alpha value is -2.07. The van der Waals surface area contributed by atoms with Crippen molar-refractivity contribution in [3.8, 4) is 5.75 Å². The number of rotatable bonds is 4. The second-order valence-electron chi connectivity index (χ2n) is 4.80. The van der Waals surface area contributed by atoms with Crippen LogP contribution < -0.4 is 4.74 Å². The van der Waals surface area contributed by atoms with Crippen molar-refractivity contribution < 1.29 is 9.53 Å². The van der Waals surface area contributed by atoms with Crippen molar-refractivity contribution in [1.82, 2.24) is 4.57 Å². The van der Waals surface area contributed by atoms with E-state index in [1.807, 2.05) is 48.7 Å². The predicted octanol–water partition coefficient (Wildman–Crippen LogP) is 4.27. The molecule has 4 heteroatoms. The first kappa shape index (κ1) is 13.9. The van der Waals surface area contributed by atoms with Gasteiger partial charge in [0.05, 0.1) is 7.11 Å². The zero-order chi connectivity index (χ0) is 14.8. The van der Waals surface area contributed by atoms with E-state index in [1.165, 1.54) is 0 Å². The Bertz CT molecular complexity index is 808. The van der Waals surface area contributed by atoms with Crippen LogP contribution in [0.15, 0.2) is 53.1 Å². The molecule has 0 amide bonds. The molecule has 0 fully saturated rings. The number of aromatic nitrogens is 1. The largest absolute Gasteiger partial charge is 0.497 e. The van der Waals surface area contributed by atoms with Gasteiger partial charge in [0, 0.05) is 33.7 Å². The lowest BCUT2D eigenvalue weighted by Crippen LogP contribution is -1.99. The normalized spacial score (nSPS) is 10.8. The Labute approximate surface area is 131 Å². The molecule has 3 aromatic rings. The lowest BCUT2D eigenvalue weighted by atomic mass is 10.2. The Kier molecular flexibility index (Phi) is 3.80. The molecule has 3 nitrogen and oxygen atoms in total. The molecule has 0 unspecified atom stereocenters. The van der Waals surface area contributed by atoms with E-state index in [-0.39, 0.29) is 0 Å². The molecule has 106 valence electrons. The van der Waals surface area contributed by atoms with Crippen LogP contribution in [0.25, 0.3) is 10.9 Å². The zero-order valence-corrected chi connectivity index (χ0v) is 13.1. The molecular weight excluding hydrogens is 330 g/mol. The number of fused-ring (bicyclic) bond motifs is 1. The average Bonchev–Trinajstić information content (AvgIpc) is 2.88. The molecule has 0 radical (unpaired) electrons. The van der Waals surface area contributed by atoms with Gasteiger partial charge < -0.3 is 9.30 Å². The molecule has 21 heavy (non-hydrogen) atoms. The second-order valence-corrected chi connectivity index (χ2v) is 5.66. The van der Waals surface area contributed by atoms with E-state index in [0.717, 1.165) is 33.0 Å². The van der Waals surface area contributed by atoms with Crippen molar-refractivity contribution in [3.05, 3.63) is 64.3 Å². The van der Waals surface area contributed by atoms with Crippen molar-refractivity contribution in [2.24, 2.45) is 0 Å². The first-order valence-electron chi connectivity index (χ1n) is 6.58. The van der Waals surface area contributed by atoms with Gasteiger partial charge in [-0.1, -0.05) is 34.1 Å². The molecule has 3 rings (SSSR count). The highest BCUT2D eigenvalue weighted by molar-refractivity contribution is 9.10. The molecular formula is C17H14BrNO2. The van der Waals surface area contributed by atoms with E-state index < -0.39 is 0 Å². The van der Waals surface area contributed by atoms with Crippen LogP contribution in [0.1, 0.15) is 15.9 Å². The van der Waals surface area contributed by atoms with E-state index in [2.05, 4.69) is 20.5 Å². The standard InChI is InChI=1S/C17H14BrNO2/c1-21-14-6-7-16(18)12(8-14)9-19-10-13(11-20)15-4-2-3-5-17(15)19/h2-8,10-11H,9H2,1H3. The molecule has 0 aliphatic carbocycles. The first-order valence-corrected chi connectivity index (χ1v) is 7.37. The summed E-state index contributed by atoms with van der Waals surface area (Å²) < 4.78 is 8.38. The lowest BCUT2D eigenvalue weighted by Gasteiger charge is -2.09. The summed E-state index contributed by atoms with van der Waals surface area (Å²) in [6.07, 6.45) is 2.79. The van der Waals surface area contributed by atoms with Crippen LogP contribution in [0.3, 0.4) is 0 Å². The molecule has 0 spiro atoms. The smallest absolute Gasteiger partial charge is 0.152 e. The number of halogens is 1. The van der Waals surface area contributed by atoms with Gasteiger partial charge in [0.15, 0.2) is 6.29 Å². The molecule has 1 heterocycles. The third-order valence-corrected chi connectivity index (χ3v) is 4.31. The molecule has 0 saturated heterocycles. The lowest BCUT2D eigenvalue weighted by molar-refractivity contribution is 0.112. The number of nitrogens with zero attached hydrogens (tertiary/aromatic N) is 1. The van der Waals surface area contributed by atoms with Crippen molar-refractivity contribution in [2.75, 3.05) is 7.11 Å². The molecule has 0 atom stereocenters. The summed E-state index contributed by atoms with van der Waals surface area (Å²) in [5.41, 5.74) is 2.87. The summed E-state index contributed by atoms with van der Waals surface area (Å²) in [7, 11) is 1.66. The van der Waals surface area contributed by atoms with Gasteiger partial charge in [-0.25, -0.2) is 0 Å². The number of hydrogen-bond donors (Lipinski definition) is 0. The van der Waals surface area contributed by atoms with Gasteiger partial charge in [0.1, 0.15) is 5.75 Å². The molecule has 0 N–H and O–H groups in total. The minimum absolute atomic E-state index is 0.673. The molecule has 0 aliphatic rings. The summed E-state index contributed by atoms with van der Waals surface area (Å²) in [5.74, 6) is 0.820. The SMILES string of the molecule is COc1ccc(Br)c(Cn2cc(C=O)c3ccccc32)c1. The zero-order valence-electron chi connectivity index (χ0n) is 11.5. The molecule has 1 aromatic heterocycles. The minimum atomic E-state index is 0.673. The predicted molar refractivity (Wildman–Crippen MR) is 87.1 cm³/mol. The van der Waals surface area contributed by atoms with Gasteiger partial charge in [0.25, 0.3) is 0 Å². The fourth-order valence-electron chi connectivity index (χ4n) is 2.48. The highest BCUT2D eigenvalue weighted by atomic mass is 79.9. The molecule has 2 aromatic carbocycles. The Balaban J connectivity index is 2.08. The molecule has 0 saturated carbocycles. The Morgan fingerprint density at radius 1 is 1.24 bits per heavy atom. The van der Waals surface area contributed by atoms with E-state index in [0.29, 0.717) is 12.1 Å². The van der Waals surface area contributed by atoms with Crippen molar-refractivity contribution in [1.29, 1.82) is 0 Å². The second kappa shape index (κ2) is 5.74. The van der Waals surface area contributed by atoms with Gasteiger partial charge >= 0.3 is 0 Å². The fourth-order valence-corrected chi connectivity index (χ4v) is 2.85. The maximum absolute atomic E-state index is 11.2. The van der Waals surface area contributed by atoms with Gasteiger partial charge in [-0.15, -0.1) is 0 Å². The van der Waals surface area contributed by atoms with Crippen molar-refractivity contribution in [3.63, 3.8) is 0 Å². The summed E-state index contributed by atoms with van der Waals surface area (Å²) in [5, 5.41) is 0.978. The maximum Gasteiger partial charge on any atom is 0.152 e. The number of benzene rings is 2. The third kappa shape index (κ3) is 2.59. The highest BCUT2D eigenvalue weighted by Crippen LogP contribution is 2.26. The summed E-state index contributed by atoms with van der Waals surface area (Å²) >= 11 is 3.57. The average molecular weight is 344 g/mol. The van der Waals surface area contributed by atoms with E-state index in [4.69, 9.17) is 4.74 Å². The third-order valence-electron chi connectivity index (χ3n) is 3.54. The van der Waals surface area contributed by atoms with Crippen molar-refractivity contribution >= 4 is 33.1 Å². The maximum atomic E-state index is 11.2. The van der Waals surface area contributed by atoms with E-state index in [1.54, 1.807) is 7.11 Å². The molecule has 0 bridgehead atoms. The number of methoxy groups -OCH3 is 1. The summed E-state index contributed by atoms with van der Waals surface area (Å²) in [4.78, 5) is 11.2. The van der Waals surface area contributed by atoms with Crippen LogP contribution in [0.5, 0.6) is 5.75 Å². The van der Waals surface area contributed by atoms with Crippen LogP contribution in [0.2, 0.25) is 0 Å². The topological polar surface area (TPSA) is 31.2 Å². The quantitative estimate of drug-likeness (QED) is 0.662. The number of ether oxygens (including phenoxy) is 1. The van der Waals surface area contributed by atoms with Gasteiger partial charge in [-0.2, -0.15) is 0 Å². The van der Waals surface area contributed by atoms with E-state index in [9.17, 15) is 4.79 Å². The number of aldehydes is 1. The number of carbonyl (C=O) groups excluding carboxylic acids is 1. The van der Waals surface area contributed by atoms with E-state index >= 15 is 0 Å². The Morgan fingerprint density at radius 3 is 2.81 bits per heavy atom. The summed E-state index contributed by atoms with van der Waals surface area (Å²) in [6, 6.07) is 13.8. The highest BCUT2D eigenvalue weighted by Gasteiger charge is 2.09.